The molecule has 24 heavy (non-hydrogen) atoms. The van der Waals surface area contributed by atoms with Crippen LogP contribution in [0.5, 0.6) is 0 Å². The second-order valence-corrected chi connectivity index (χ2v) is 9.35. The molecule has 0 unspecified atom stereocenters. The monoisotopic (exact) mass is 404 g/mol. The zero-order valence-corrected chi connectivity index (χ0v) is 15.6. The third kappa shape index (κ3) is 3.60. The number of amides is 1. The third-order valence-electron chi connectivity index (χ3n) is 3.74. The summed E-state index contributed by atoms with van der Waals surface area (Å²) < 4.78 is 27.2. The SMILES string of the molecule is O=C(c1ccc(Cl)s1)N1CCN(S(=O)(=O)c2cccc(Cl)c2)CC1. The van der Waals surface area contributed by atoms with Crippen molar-refractivity contribution in [3.8, 4) is 0 Å². The molecular weight excluding hydrogens is 391 g/mol. The summed E-state index contributed by atoms with van der Waals surface area (Å²) in [7, 11) is -3.60. The highest BCUT2D eigenvalue weighted by atomic mass is 35.5. The summed E-state index contributed by atoms with van der Waals surface area (Å²) in [4.78, 5) is 14.7. The molecule has 0 radical (unpaired) electrons. The van der Waals surface area contributed by atoms with Gasteiger partial charge in [-0.1, -0.05) is 29.3 Å². The van der Waals surface area contributed by atoms with Gasteiger partial charge < -0.3 is 4.90 Å². The molecule has 1 aromatic heterocycles. The molecule has 9 heteroatoms. The summed E-state index contributed by atoms with van der Waals surface area (Å²) >= 11 is 13.0. The number of thiophene rings is 1. The molecule has 5 nitrogen and oxygen atoms in total. The van der Waals surface area contributed by atoms with Crippen molar-refractivity contribution in [2.45, 2.75) is 4.90 Å². The Bertz CT molecular complexity index is 859. The van der Waals surface area contributed by atoms with Gasteiger partial charge in [-0.3, -0.25) is 4.79 Å². The van der Waals surface area contributed by atoms with E-state index < -0.39 is 10.0 Å². The van der Waals surface area contributed by atoms with E-state index in [4.69, 9.17) is 23.2 Å². The Kier molecular flexibility index (Phi) is 5.17. The standard InChI is InChI=1S/C15H14Cl2N2O3S2/c16-11-2-1-3-12(10-11)24(21,22)19-8-6-18(7-9-19)15(20)13-4-5-14(17)23-13/h1-5,10H,6-9H2. The van der Waals surface area contributed by atoms with Crippen LogP contribution in [-0.2, 0) is 10.0 Å². The summed E-state index contributed by atoms with van der Waals surface area (Å²) in [5, 5.41) is 0.375. The summed E-state index contributed by atoms with van der Waals surface area (Å²) in [5.74, 6) is -0.119. The van der Waals surface area contributed by atoms with Crippen molar-refractivity contribution < 1.29 is 13.2 Å². The van der Waals surface area contributed by atoms with Crippen LogP contribution in [0.3, 0.4) is 0 Å². The fourth-order valence-electron chi connectivity index (χ4n) is 2.49. The minimum Gasteiger partial charge on any atom is -0.335 e. The molecule has 0 aliphatic carbocycles. The van der Waals surface area contributed by atoms with Crippen molar-refractivity contribution in [3.05, 3.63) is 50.6 Å². The van der Waals surface area contributed by atoms with Gasteiger partial charge in [-0.05, 0) is 30.3 Å². The van der Waals surface area contributed by atoms with Crippen molar-refractivity contribution in [1.29, 1.82) is 0 Å². The largest absolute Gasteiger partial charge is 0.335 e. The van der Waals surface area contributed by atoms with Crippen LogP contribution in [0.15, 0.2) is 41.3 Å². The van der Waals surface area contributed by atoms with Crippen molar-refractivity contribution in [3.63, 3.8) is 0 Å². The molecule has 1 fully saturated rings. The number of hydrogen-bond acceptors (Lipinski definition) is 4. The van der Waals surface area contributed by atoms with E-state index in [-0.39, 0.29) is 23.9 Å². The van der Waals surface area contributed by atoms with Gasteiger partial charge in [-0.25, -0.2) is 8.42 Å². The highest BCUT2D eigenvalue weighted by Gasteiger charge is 2.30. The van der Waals surface area contributed by atoms with E-state index in [1.54, 1.807) is 29.2 Å². The summed E-state index contributed by atoms with van der Waals surface area (Å²) in [5.41, 5.74) is 0. The Morgan fingerprint density at radius 3 is 2.33 bits per heavy atom. The lowest BCUT2D eigenvalue weighted by Gasteiger charge is -2.33. The van der Waals surface area contributed by atoms with Crippen LogP contribution in [0.4, 0.5) is 0 Å². The smallest absolute Gasteiger partial charge is 0.264 e. The molecule has 0 saturated carbocycles. The van der Waals surface area contributed by atoms with Gasteiger partial charge in [-0.2, -0.15) is 4.31 Å². The summed E-state index contributed by atoms with van der Waals surface area (Å²) in [6, 6.07) is 9.55. The maximum absolute atomic E-state index is 12.6. The average Bonchev–Trinajstić information content (AvgIpc) is 3.01. The molecule has 1 aliphatic rings. The quantitative estimate of drug-likeness (QED) is 0.788. The van der Waals surface area contributed by atoms with Gasteiger partial charge in [0.1, 0.15) is 0 Å². The number of carbonyl (C=O) groups is 1. The Hall–Kier alpha value is -1.12. The predicted octanol–water partition coefficient (Wildman–Crippen LogP) is 3.20. The molecule has 1 aromatic carbocycles. The molecule has 128 valence electrons. The van der Waals surface area contributed by atoms with Crippen LogP contribution in [0.25, 0.3) is 0 Å². The highest BCUT2D eigenvalue weighted by Crippen LogP contribution is 2.24. The molecule has 2 heterocycles. The minimum absolute atomic E-state index is 0.119. The number of benzene rings is 1. The number of piperazine rings is 1. The maximum Gasteiger partial charge on any atom is 0.264 e. The van der Waals surface area contributed by atoms with Crippen LogP contribution >= 0.6 is 34.5 Å². The van der Waals surface area contributed by atoms with E-state index in [9.17, 15) is 13.2 Å². The summed E-state index contributed by atoms with van der Waals surface area (Å²) in [6.07, 6.45) is 0. The van der Waals surface area contributed by atoms with E-state index in [0.29, 0.717) is 27.3 Å². The first-order chi connectivity index (χ1) is 11.4. The zero-order valence-electron chi connectivity index (χ0n) is 12.5. The fraction of sp³-hybridized carbons (Fsp3) is 0.267. The predicted molar refractivity (Wildman–Crippen MR) is 95.4 cm³/mol. The average molecular weight is 405 g/mol. The lowest BCUT2D eigenvalue weighted by atomic mass is 10.3. The highest BCUT2D eigenvalue weighted by molar-refractivity contribution is 7.89. The number of hydrogen-bond donors (Lipinski definition) is 0. The second kappa shape index (κ2) is 7.01. The number of carbonyl (C=O) groups excluding carboxylic acids is 1. The molecule has 1 amide bonds. The zero-order chi connectivity index (χ0) is 17.3. The fourth-order valence-corrected chi connectivity index (χ4v) is 5.23. The van der Waals surface area contributed by atoms with E-state index in [2.05, 4.69) is 0 Å². The van der Waals surface area contributed by atoms with Crippen molar-refractivity contribution in [1.82, 2.24) is 9.21 Å². The molecule has 2 aromatic rings. The van der Waals surface area contributed by atoms with Crippen LogP contribution in [0.1, 0.15) is 9.67 Å². The maximum atomic E-state index is 12.6. The topological polar surface area (TPSA) is 57.7 Å². The number of nitrogens with zero attached hydrogens (tertiary/aromatic N) is 2. The molecule has 1 saturated heterocycles. The molecule has 0 bridgehead atoms. The minimum atomic E-state index is -3.60. The van der Waals surface area contributed by atoms with Gasteiger partial charge in [0, 0.05) is 31.2 Å². The first-order valence-electron chi connectivity index (χ1n) is 7.18. The Morgan fingerprint density at radius 1 is 1.04 bits per heavy atom. The molecule has 0 spiro atoms. The van der Waals surface area contributed by atoms with Gasteiger partial charge in [0.15, 0.2) is 0 Å². The van der Waals surface area contributed by atoms with Crippen LogP contribution in [-0.4, -0.2) is 49.7 Å². The van der Waals surface area contributed by atoms with E-state index >= 15 is 0 Å². The molecule has 3 rings (SSSR count). The van der Waals surface area contributed by atoms with Gasteiger partial charge in [0.2, 0.25) is 10.0 Å². The Labute approximate surface area is 154 Å². The Balaban J connectivity index is 1.69. The van der Waals surface area contributed by atoms with Crippen molar-refractivity contribution >= 4 is 50.5 Å². The van der Waals surface area contributed by atoms with Crippen LogP contribution in [0.2, 0.25) is 9.36 Å². The van der Waals surface area contributed by atoms with Gasteiger partial charge in [-0.15, -0.1) is 11.3 Å². The summed E-state index contributed by atoms with van der Waals surface area (Å²) in [6.45, 7) is 1.18. The van der Waals surface area contributed by atoms with Crippen molar-refractivity contribution in [2.75, 3.05) is 26.2 Å². The number of sulfonamides is 1. The second-order valence-electron chi connectivity index (χ2n) is 5.26. The molecule has 0 atom stereocenters. The first kappa shape index (κ1) is 17.7. The first-order valence-corrected chi connectivity index (χ1v) is 10.2. The lowest BCUT2D eigenvalue weighted by molar-refractivity contribution is 0.0703. The number of rotatable bonds is 3. The van der Waals surface area contributed by atoms with Crippen LogP contribution in [0, 0.1) is 0 Å². The third-order valence-corrected chi connectivity index (χ3v) is 7.09. The van der Waals surface area contributed by atoms with Gasteiger partial charge in [0.05, 0.1) is 14.1 Å². The Morgan fingerprint density at radius 2 is 1.75 bits per heavy atom. The van der Waals surface area contributed by atoms with Gasteiger partial charge in [0.25, 0.3) is 5.91 Å². The van der Waals surface area contributed by atoms with E-state index in [1.807, 2.05) is 0 Å². The van der Waals surface area contributed by atoms with Crippen LogP contribution < -0.4 is 0 Å². The normalized spacial score (nSPS) is 16.3. The molecule has 1 aliphatic heterocycles. The molecular formula is C15H14Cl2N2O3S2. The van der Waals surface area contributed by atoms with Gasteiger partial charge >= 0.3 is 0 Å². The number of halogens is 2. The molecule has 0 N–H and O–H groups in total. The lowest BCUT2D eigenvalue weighted by Crippen LogP contribution is -2.50. The van der Waals surface area contributed by atoms with E-state index in [0.717, 1.165) is 0 Å². The van der Waals surface area contributed by atoms with E-state index in [1.165, 1.54) is 27.8 Å². The van der Waals surface area contributed by atoms with Crippen molar-refractivity contribution in [2.24, 2.45) is 0 Å².